The van der Waals surface area contributed by atoms with Crippen LogP contribution in [-0.2, 0) is 9.59 Å². The zero-order chi connectivity index (χ0) is 9.28. The molecule has 66 valence electrons. The molecule has 0 aliphatic heterocycles. The molecule has 5 heteroatoms. The third-order valence-electron chi connectivity index (χ3n) is 0.553. The third kappa shape index (κ3) is 27.9. The number of carboxylic acid groups (broad SMARTS) is 2. The van der Waals surface area contributed by atoms with Crippen molar-refractivity contribution < 1.29 is 19.8 Å². The standard InChI is InChI=1S/C4H6O4.C2H7N/c5-3(6)1-2-4(7)8;1-3-2/h1-2H2,(H,5,6)(H,7,8);3H,1-2H3. The highest BCUT2D eigenvalue weighted by molar-refractivity contribution is 5.75. The maximum Gasteiger partial charge on any atom is 0.303 e. The number of hydrogen-bond donors (Lipinski definition) is 3. The van der Waals surface area contributed by atoms with Gasteiger partial charge in [-0.2, -0.15) is 0 Å². The Morgan fingerprint density at radius 3 is 1.36 bits per heavy atom. The number of nitrogens with one attached hydrogen (secondary N) is 1. The van der Waals surface area contributed by atoms with Crippen LogP contribution in [-0.4, -0.2) is 36.2 Å². The predicted octanol–water partition coefficient (Wildman–Crippen LogP) is -0.229. The molecule has 11 heavy (non-hydrogen) atoms. The molecule has 0 bridgehead atoms. The van der Waals surface area contributed by atoms with E-state index in [1.807, 2.05) is 14.1 Å². The van der Waals surface area contributed by atoms with Crippen LogP contribution in [0.3, 0.4) is 0 Å². The Balaban J connectivity index is 0. The van der Waals surface area contributed by atoms with Crippen LogP contribution in [0.4, 0.5) is 0 Å². The second-order valence-electron chi connectivity index (χ2n) is 1.79. The zero-order valence-corrected chi connectivity index (χ0v) is 6.63. The van der Waals surface area contributed by atoms with Gasteiger partial charge >= 0.3 is 11.9 Å². The molecular weight excluding hydrogens is 150 g/mol. The summed E-state index contributed by atoms with van der Waals surface area (Å²) >= 11 is 0. The highest BCUT2D eigenvalue weighted by atomic mass is 16.4. The maximum absolute atomic E-state index is 9.64. The maximum atomic E-state index is 9.64. The summed E-state index contributed by atoms with van der Waals surface area (Å²) in [6, 6.07) is 0. The van der Waals surface area contributed by atoms with Gasteiger partial charge in [-0.25, -0.2) is 0 Å². The van der Waals surface area contributed by atoms with Crippen LogP contribution < -0.4 is 5.32 Å². The van der Waals surface area contributed by atoms with E-state index in [2.05, 4.69) is 5.32 Å². The normalized spacial score (nSPS) is 7.82. The molecule has 0 saturated carbocycles. The fourth-order valence-electron chi connectivity index (χ4n) is 0.214. The average Bonchev–Trinajstić information content (AvgIpc) is 1.85. The third-order valence-corrected chi connectivity index (χ3v) is 0.553. The van der Waals surface area contributed by atoms with Crippen molar-refractivity contribution in [3.8, 4) is 0 Å². The van der Waals surface area contributed by atoms with Crippen LogP contribution in [0.5, 0.6) is 0 Å². The molecule has 0 radical (unpaired) electrons. The Morgan fingerprint density at radius 2 is 1.27 bits per heavy atom. The fourth-order valence-corrected chi connectivity index (χ4v) is 0.214. The first kappa shape index (κ1) is 12.6. The Labute approximate surface area is 65.0 Å². The first-order valence-corrected chi connectivity index (χ1v) is 3.06. The molecule has 0 aromatic heterocycles. The van der Waals surface area contributed by atoms with Crippen molar-refractivity contribution in [2.75, 3.05) is 14.1 Å². The highest BCUT2D eigenvalue weighted by Crippen LogP contribution is 1.85. The highest BCUT2D eigenvalue weighted by Gasteiger charge is 2.00. The smallest absolute Gasteiger partial charge is 0.303 e. The number of aliphatic carboxylic acids is 2. The van der Waals surface area contributed by atoms with Crippen molar-refractivity contribution >= 4 is 11.9 Å². The fraction of sp³-hybridized carbons (Fsp3) is 0.667. The van der Waals surface area contributed by atoms with Crippen LogP contribution in [0, 0.1) is 0 Å². The second-order valence-corrected chi connectivity index (χ2v) is 1.79. The molecule has 0 unspecified atom stereocenters. The number of rotatable bonds is 3. The lowest BCUT2D eigenvalue weighted by Crippen LogP contribution is -2.00. The zero-order valence-electron chi connectivity index (χ0n) is 6.63. The van der Waals surface area contributed by atoms with Gasteiger partial charge in [0, 0.05) is 0 Å². The van der Waals surface area contributed by atoms with Crippen LogP contribution in [0.1, 0.15) is 12.8 Å². The minimum atomic E-state index is -1.08. The molecule has 0 aliphatic rings. The Bertz CT molecular complexity index is 110. The van der Waals surface area contributed by atoms with E-state index in [1.165, 1.54) is 0 Å². The number of carbonyl (C=O) groups is 2. The van der Waals surface area contributed by atoms with E-state index in [0.717, 1.165) is 0 Å². The van der Waals surface area contributed by atoms with Gasteiger partial charge in [-0.1, -0.05) is 0 Å². The molecule has 0 fully saturated rings. The van der Waals surface area contributed by atoms with Gasteiger partial charge in [-0.15, -0.1) is 0 Å². The molecule has 0 heterocycles. The molecule has 0 aromatic rings. The summed E-state index contributed by atoms with van der Waals surface area (Å²) in [6.07, 6.45) is -0.593. The van der Waals surface area contributed by atoms with Crippen LogP contribution in [0.15, 0.2) is 0 Å². The van der Waals surface area contributed by atoms with Crippen LogP contribution >= 0.6 is 0 Å². The van der Waals surface area contributed by atoms with Crippen molar-refractivity contribution in [2.45, 2.75) is 12.8 Å². The summed E-state index contributed by atoms with van der Waals surface area (Å²) in [5.41, 5.74) is 0. The number of hydrogen-bond acceptors (Lipinski definition) is 3. The minimum absolute atomic E-state index is 0.296. The molecular formula is C6H13NO4. The predicted molar refractivity (Wildman–Crippen MR) is 39.5 cm³/mol. The molecule has 0 rings (SSSR count). The van der Waals surface area contributed by atoms with E-state index in [1.54, 1.807) is 0 Å². The summed E-state index contributed by atoms with van der Waals surface area (Å²) in [5, 5.41) is 18.5. The van der Waals surface area contributed by atoms with Gasteiger partial charge in [0.25, 0.3) is 0 Å². The molecule has 0 amide bonds. The molecule has 0 aromatic carbocycles. The molecule has 3 N–H and O–H groups in total. The molecule has 0 saturated heterocycles. The van der Waals surface area contributed by atoms with E-state index in [-0.39, 0.29) is 12.8 Å². The number of carboxylic acids is 2. The van der Waals surface area contributed by atoms with E-state index >= 15 is 0 Å². The van der Waals surface area contributed by atoms with E-state index in [0.29, 0.717) is 0 Å². The topological polar surface area (TPSA) is 86.6 Å². The monoisotopic (exact) mass is 163 g/mol. The quantitative estimate of drug-likeness (QED) is 0.535. The Hall–Kier alpha value is -1.10. The van der Waals surface area contributed by atoms with E-state index in [4.69, 9.17) is 10.2 Å². The first-order valence-electron chi connectivity index (χ1n) is 3.06. The molecule has 0 atom stereocenters. The summed E-state index contributed by atoms with van der Waals surface area (Å²) < 4.78 is 0. The van der Waals surface area contributed by atoms with Gasteiger partial charge in [0.2, 0.25) is 0 Å². The molecule has 0 spiro atoms. The van der Waals surface area contributed by atoms with Gasteiger partial charge in [0.1, 0.15) is 0 Å². The van der Waals surface area contributed by atoms with Crippen molar-refractivity contribution in [1.82, 2.24) is 5.32 Å². The SMILES string of the molecule is CNC.O=C(O)CCC(=O)O. The lowest BCUT2D eigenvalue weighted by molar-refractivity contribution is -0.143. The largest absolute Gasteiger partial charge is 0.481 e. The van der Waals surface area contributed by atoms with Crippen molar-refractivity contribution in [2.24, 2.45) is 0 Å². The van der Waals surface area contributed by atoms with E-state index < -0.39 is 11.9 Å². The molecule has 0 aliphatic carbocycles. The lowest BCUT2D eigenvalue weighted by atomic mass is 10.3. The Morgan fingerprint density at radius 1 is 1.09 bits per heavy atom. The van der Waals surface area contributed by atoms with Crippen LogP contribution in [0.2, 0.25) is 0 Å². The van der Waals surface area contributed by atoms with Crippen molar-refractivity contribution in [3.05, 3.63) is 0 Å². The van der Waals surface area contributed by atoms with Crippen molar-refractivity contribution in [3.63, 3.8) is 0 Å². The molecule has 5 nitrogen and oxygen atoms in total. The van der Waals surface area contributed by atoms with Gasteiger partial charge in [0.05, 0.1) is 12.8 Å². The lowest BCUT2D eigenvalue weighted by Gasteiger charge is -1.85. The summed E-state index contributed by atoms with van der Waals surface area (Å²) in [7, 11) is 3.75. The van der Waals surface area contributed by atoms with Crippen LogP contribution in [0.25, 0.3) is 0 Å². The first-order chi connectivity index (χ1) is 5.04. The second kappa shape index (κ2) is 8.90. The summed E-state index contributed by atoms with van der Waals surface area (Å²) in [5.74, 6) is -2.15. The van der Waals surface area contributed by atoms with E-state index in [9.17, 15) is 9.59 Å². The Kier molecular flexibility index (Phi) is 10.2. The van der Waals surface area contributed by atoms with Gasteiger partial charge in [0.15, 0.2) is 0 Å². The van der Waals surface area contributed by atoms with Crippen molar-refractivity contribution in [1.29, 1.82) is 0 Å². The minimum Gasteiger partial charge on any atom is -0.481 e. The average molecular weight is 163 g/mol. The summed E-state index contributed by atoms with van der Waals surface area (Å²) in [4.78, 5) is 19.3. The van der Waals surface area contributed by atoms with Gasteiger partial charge in [-0.05, 0) is 14.1 Å². The van der Waals surface area contributed by atoms with Gasteiger partial charge in [-0.3, -0.25) is 9.59 Å². The summed E-state index contributed by atoms with van der Waals surface area (Å²) in [6.45, 7) is 0. The van der Waals surface area contributed by atoms with Gasteiger partial charge < -0.3 is 15.5 Å².